The number of carbonyl (C=O) groups is 1. The van der Waals surface area contributed by atoms with Crippen LogP contribution in [0.3, 0.4) is 0 Å². The van der Waals surface area contributed by atoms with Crippen LogP contribution in [0.5, 0.6) is 0 Å². The molecule has 0 bridgehead atoms. The highest BCUT2D eigenvalue weighted by atomic mass is 16.5. The lowest BCUT2D eigenvalue weighted by Gasteiger charge is -2.45. The van der Waals surface area contributed by atoms with Crippen molar-refractivity contribution < 1.29 is 9.53 Å². The van der Waals surface area contributed by atoms with Gasteiger partial charge in [0.15, 0.2) is 0 Å². The summed E-state index contributed by atoms with van der Waals surface area (Å²) in [6.07, 6.45) is 1.22. The van der Waals surface area contributed by atoms with Gasteiger partial charge in [-0.25, -0.2) is 0 Å². The van der Waals surface area contributed by atoms with Gasteiger partial charge in [-0.3, -0.25) is 4.79 Å². The molecule has 1 heterocycles. The number of carbonyl (C=O) groups excluding carboxylic acids is 1. The van der Waals surface area contributed by atoms with E-state index in [0.717, 1.165) is 12.0 Å². The number of nitrogens with zero attached hydrogens (tertiary/aromatic N) is 1. The van der Waals surface area contributed by atoms with Crippen molar-refractivity contribution in [2.45, 2.75) is 38.3 Å². The molecule has 1 aromatic rings. The Bertz CT molecular complexity index is 445. The zero-order valence-corrected chi connectivity index (χ0v) is 12.3. The van der Waals surface area contributed by atoms with E-state index in [1.54, 1.807) is 0 Å². The fraction of sp³-hybridized carbons (Fsp3) is 0.562. The topological polar surface area (TPSA) is 55.6 Å². The lowest BCUT2D eigenvalue weighted by Crippen LogP contribution is -2.56. The van der Waals surface area contributed by atoms with Crippen molar-refractivity contribution in [3.8, 4) is 0 Å². The van der Waals surface area contributed by atoms with E-state index >= 15 is 0 Å². The number of hydrogen-bond acceptors (Lipinski definition) is 3. The Morgan fingerprint density at radius 2 is 2.10 bits per heavy atom. The van der Waals surface area contributed by atoms with Gasteiger partial charge in [0.1, 0.15) is 6.10 Å². The van der Waals surface area contributed by atoms with Gasteiger partial charge in [-0.1, -0.05) is 30.3 Å². The largest absolute Gasteiger partial charge is 0.369 e. The third kappa shape index (κ3) is 3.38. The van der Waals surface area contributed by atoms with Crippen LogP contribution in [0.2, 0.25) is 0 Å². The number of amides is 1. The number of nitrogens with two attached hydrogens (primary N) is 1. The number of benzene rings is 1. The molecule has 1 aromatic carbocycles. The van der Waals surface area contributed by atoms with E-state index in [0.29, 0.717) is 26.1 Å². The summed E-state index contributed by atoms with van der Waals surface area (Å²) in [7, 11) is 0. The quantitative estimate of drug-likeness (QED) is 0.916. The van der Waals surface area contributed by atoms with Crippen molar-refractivity contribution in [1.29, 1.82) is 0 Å². The minimum atomic E-state index is -0.253. The van der Waals surface area contributed by atoms with Crippen LogP contribution in [-0.2, 0) is 9.53 Å². The lowest BCUT2D eigenvalue weighted by molar-refractivity contribution is -0.155. The highest BCUT2D eigenvalue weighted by molar-refractivity contribution is 5.77. The van der Waals surface area contributed by atoms with Gasteiger partial charge in [0, 0.05) is 6.42 Å². The molecule has 0 unspecified atom stereocenters. The first-order valence-electron chi connectivity index (χ1n) is 7.21. The molecule has 0 radical (unpaired) electrons. The molecule has 4 nitrogen and oxygen atoms in total. The molecule has 1 amide bonds. The highest BCUT2D eigenvalue weighted by Crippen LogP contribution is 2.30. The predicted molar refractivity (Wildman–Crippen MR) is 79.2 cm³/mol. The van der Waals surface area contributed by atoms with Gasteiger partial charge in [-0.2, -0.15) is 0 Å². The minimum Gasteiger partial charge on any atom is -0.369 e. The molecule has 0 aliphatic carbocycles. The van der Waals surface area contributed by atoms with Crippen LogP contribution in [0.15, 0.2) is 30.3 Å². The summed E-state index contributed by atoms with van der Waals surface area (Å²) in [6, 6.07) is 10.1. The maximum atomic E-state index is 12.4. The Morgan fingerprint density at radius 3 is 2.75 bits per heavy atom. The summed E-state index contributed by atoms with van der Waals surface area (Å²) in [6.45, 7) is 5.82. The predicted octanol–water partition coefficient (Wildman–Crippen LogP) is 2.10. The Balaban J connectivity index is 2.10. The fourth-order valence-electron chi connectivity index (χ4n) is 2.55. The van der Waals surface area contributed by atoms with Crippen molar-refractivity contribution in [2.24, 2.45) is 5.73 Å². The van der Waals surface area contributed by atoms with Crippen molar-refractivity contribution >= 4 is 5.91 Å². The van der Waals surface area contributed by atoms with Gasteiger partial charge < -0.3 is 15.4 Å². The maximum absolute atomic E-state index is 12.4. The second-order valence-electron chi connectivity index (χ2n) is 5.92. The Hall–Kier alpha value is -1.39. The molecule has 1 atom stereocenters. The van der Waals surface area contributed by atoms with Crippen molar-refractivity contribution in [2.75, 3.05) is 19.7 Å². The van der Waals surface area contributed by atoms with Crippen LogP contribution >= 0.6 is 0 Å². The van der Waals surface area contributed by atoms with E-state index in [2.05, 4.69) is 13.8 Å². The zero-order chi connectivity index (χ0) is 14.6. The van der Waals surface area contributed by atoms with Gasteiger partial charge in [0.2, 0.25) is 5.91 Å². The van der Waals surface area contributed by atoms with E-state index in [4.69, 9.17) is 10.5 Å². The van der Waals surface area contributed by atoms with Gasteiger partial charge in [0.05, 0.1) is 18.7 Å². The number of ether oxygens (including phenoxy) is 1. The van der Waals surface area contributed by atoms with E-state index < -0.39 is 0 Å². The lowest BCUT2D eigenvalue weighted by atomic mass is 9.97. The van der Waals surface area contributed by atoms with Gasteiger partial charge >= 0.3 is 0 Å². The third-order valence-electron chi connectivity index (χ3n) is 3.78. The van der Waals surface area contributed by atoms with Gasteiger partial charge in [0.25, 0.3) is 0 Å². The first-order valence-corrected chi connectivity index (χ1v) is 7.21. The monoisotopic (exact) mass is 276 g/mol. The third-order valence-corrected chi connectivity index (χ3v) is 3.78. The summed E-state index contributed by atoms with van der Waals surface area (Å²) in [5.41, 5.74) is 6.37. The normalized spacial score (nSPS) is 21.8. The molecular formula is C16H24N2O2. The van der Waals surface area contributed by atoms with Crippen molar-refractivity contribution in [3.63, 3.8) is 0 Å². The van der Waals surface area contributed by atoms with Crippen molar-refractivity contribution in [1.82, 2.24) is 4.90 Å². The fourth-order valence-corrected chi connectivity index (χ4v) is 2.55. The molecule has 20 heavy (non-hydrogen) atoms. The molecule has 1 saturated heterocycles. The summed E-state index contributed by atoms with van der Waals surface area (Å²) in [5, 5.41) is 0. The zero-order valence-electron chi connectivity index (χ0n) is 12.3. The second-order valence-corrected chi connectivity index (χ2v) is 5.92. The number of morpholine rings is 1. The Kier molecular flexibility index (Phi) is 4.78. The minimum absolute atomic E-state index is 0.0361. The molecule has 1 fully saturated rings. The van der Waals surface area contributed by atoms with E-state index in [1.165, 1.54) is 0 Å². The highest BCUT2D eigenvalue weighted by Gasteiger charge is 2.38. The molecular weight excluding hydrogens is 252 g/mol. The van der Waals surface area contributed by atoms with Crippen LogP contribution in [-0.4, -0.2) is 36.0 Å². The molecule has 0 spiro atoms. The van der Waals surface area contributed by atoms with Crippen molar-refractivity contribution in [3.05, 3.63) is 35.9 Å². The Morgan fingerprint density at radius 1 is 1.40 bits per heavy atom. The summed E-state index contributed by atoms with van der Waals surface area (Å²) in [5.74, 6) is 0.171. The van der Waals surface area contributed by atoms with E-state index in [1.807, 2.05) is 35.2 Å². The van der Waals surface area contributed by atoms with Gasteiger partial charge in [-0.05, 0) is 32.4 Å². The molecule has 0 aromatic heterocycles. The van der Waals surface area contributed by atoms with Crippen LogP contribution in [0.25, 0.3) is 0 Å². The summed E-state index contributed by atoms with van der Waals surface area (Å²) < 4.78 is 5.95. The number of hydrogen-bond donors (Lipinski definition) is 1. The van der Waals surface area contributed by atoms with Crippen LogP contribution in [0, 0.1) is 0 Å². The molecule has 1 aliphatic rings. The molecule has 1 aliphatic heterocycles. The average molecular weight is 276 g/mol. The SMILES string of the molecule is CC1(C)CO[C@H](c2ccccc2)CN1C(=O)CCCN. The maximum Gasteiger partial charge on any atom is 0.223 e. The Labute approximate surface area is 120 Å². The average Bonchev–Trinajstić information content (AvgIpc) is 2.45. The van der Waals surface area contributed by atoms with Crippen LogP contribution in [0.4, 0.5) is 0 Å². The second kappa shape index (κ2) is 6.37. The molecule has 2 rings (SSSR count). The molecule has 0 saturated carbocycles. The summed E-state index contributed by atoms with van der Waals surface area (Å²) in [4.78, 5) is 14.3. The van der Waals surface area contributed by atoms with Crippen LogP contribution in [0.1, 0.15) is 38.4 Å². The number of rotatable bonds is 4. The first-order chi connectivity index (χ1) is 9.54. The first kappa shape index (κ1) is 15.0. The van der Waals surface area contributed by atoms with E-state index in [-0.39, 0.29) is 17.6 Å². The standard InChI is InChI=1S/C16H24N2O2/c1-16(2)12-20-14(13-7-4-3-5-8-13)11-18(16)15(19)9-6-10-17/h3-5,7-8,14H,6,9-12,17H2,1-2H3/t14-/m0/s1. The smallest absolute Gasteiger partial charge is 0.223 e. The molecule has 4 heteroatoms. The van der Waals surface area contributed by atoms with Crippen LogP contribution < -0.4 is 5.73 Å². The van der Waals surface area contributed by atoms with Gasteiger partial charge in [-0.15, -0.1) is 0 Å². The summed E-state index contributed by atoms with van der Waals surface area (Å²) >= 11 is 0. The molecule has 110 valence electrons. The molecule has 2 N–H and O–H groups in total. The van der Waals surface area contributed by atoms with E-state index in [9.17, 15) is 4.79 Å².